The molecule has 0 aliphatic rings. The second-order valence-electron chi connectivity index (χ2n) is 4.91. The fourth-order valence-electron chi connectivity index (χ4n) is 2.41. The lowest BCUT2D eigenvalue weighted by atomic mass is 10.0. The molecule has 1 aromatic carbocycles. The Morgan fingerprint density at radius 3 is 2.38 bits per heavy atom. The highest BCUT2D eigenvalue weighted by atomic mass is 35.5. The molecule has 1 amide bonds. The third-order valence-corrected chi connectivity index (χ3v) is 3.55. The first-order valence-corrected chi connectivity index (χ1v) is 7.46. The van der Waals surface area contributed by atoms with E-state index in [-0.39, 0.29) is 18.3 Å². The summed E-state index contributed by atoms with van der Waals surface area (Å²) in [4.78, 5) is 14.0. The van der Waals surface area contributed by atoms with Crippen molar-refractivity contribution in [1.82, 2.24) is 10.2 Å². The van der Waals surface area contributed by atoms with Crippen molar-refractivity contribution in [2.75, 3.05) is 26.2 Å². The highest BCUT2D eigenvalue weighted by Gasteiger charge is 2.17. The Hall–Kier alpha value is -1.10. The van der Waals surface area contributed by atoms with Crippen LogP contribution in [0.3, 0.4) is 0 Å². The Labute approximate surface area is 134 Å². The van der Waals surface area contributed by atoms with E-state index in [1.807, 2.05) is 6.07 Å². The van der Waals surface area contributed by atoms with E-state index in [2.05, 4.69) is 48.3 Å². The first kappa shape index (κ1) is 19.9. The van der Waals surface area contributed by atoms with Crippen LogP contribution in [0.25, 0.3) is 0 Å². The van der Waals surface area contributed by atoms with Crippen molar-refractivity contribution in [1.29, 1.82) is 0 Å². The molecular formula is C16H28ClN3O. The number of benzene rings is 1. The van der Waals surface area contributed by atoms with E-state index in [1.165, 1.54) is 5.56 Å². The number of halogens is 1. The molecule has 0 aliphatic heterocycles. The molecule has 0 spiro atoms. The molecule has 4 nitrogen and oxygen atoms in total. The van der Waals surface area contributed by atoms with Gasteiger partial charge in [0.15, 0.2) is 0 Å². The minimum atomic E-state index is 0. The monoisotopic (exact) mass is 313 g/mol. The smallest absolute Gasteiger partial charge is 0.221 e. The van der Waals surface area contributed by atoms with Crippen LogP contribution in [-0.4, -0.2) is 43.0 Å². The molecule has 120 valence electrons. The quantitative estimate of drug-likeness (QED) is 0.731. The molecule has 0 fully saturated rings. The van der Waals surface area contributed by atoms with Crippen LogP contribution in [0.1, 0.15) is 25.8 Å². The lowest BCUT2D eigenvalue weighted by Crippen LogP contribution is -2.45. The van der Waals surface area contributed by atoms with Gasteiger partial charge in [0.25, 0.3) is 0 Å². The van der Waals surface area contributed by atoms with Crippen LogP contribution in [0.4, 0.5) is 0 Å². The summed E-state index contributed by atoms with van der Waals surface area (Å²) in [6.45, 7) is 7.36. The summed E-state index contributed by atoms with van der Waals surface area (Å²) in [5, 5.41) is 2.99. The van der Waals surface area contributed by atoms with Gasteiger partial charge in [-0.3, -0.25) is 9.69 Å². The third-order valence-electron chi connectivity index (χ3n) is 3.55. The number of carbonyl (C=O) groups is 1. The van der Waals surface area contributed by atoms with Gasteiger partial charge >= 0.3 is 0 Å². The van der Waals surface area contributed by atoms with Crippen LogP contribution in [0, 0.1) is 0 Å². The maximum absolute atomic E-state index is 11.6. The first-order chi connectivity index (χ1) is 9.71. The molecule has 1 rings (SSSR count). The predicted octanol–water partition coefficient (Wildman–Crippen LogP) is 1.83. The molecular weight excluding hydrogens is 286 g/mol. The molecule has 0 aliphatic carbocycles. The molecule has 0 heterocycles. The van der Waals surface area contributed by atoms with E-state index in [1.54, 1.807) is 0 Å². The summed E-state index contributed by atoms with van der Waals surface area (Å²) in [6, 6.07) is 10.7. The Morgan fingerprint density at radius 1 is 1.24 bits per heavy atom. The van der Waals surface area contributed by atoms with Crippen molar-refractivity contribution in [3.63, 3.8) is 0 Å². The number of rotatable bonds is 9. The van der Waals surface area contributed by atoms with Gasteiger partial charge in [-0.2, -0.15) is 0 Å². The molecule has 0 bridgehead atoms. The van der Waals surface area contributed by atoms with Gasteiger partial charge in [-0.15, -0.1) is 12.4 Å². The third kappa shape index (κ3) is 7.46. The van der Waals surface area contributed by atoms with Crippen molar-refractivity contribution >= 4 is 18.3 Å². The van der Waals surface area contributed by atoms with Crippen molar-refractivity contribution < 1.29 is 4.79 Å². The SMILES string of the molecule is CCN(CC)C(CNC(=O)CCN)Cc1ccccc1.Cl. The first-order valence-electron chi connectivity index (χ1n) is 7.46. The minimum absolute atomic E-state index is 0. The number of carbonyl (C=O) groups excluding carboxylic acids is 1. The average Bonchev–Trinajstić information content (AvgIpc) is 2.47. The molecule has 0 saturated heterocycles. The van der Waals surface area contributed by atoms with Gasteiger partial charge in [0.1, 0.15) is 0 Å². The molecule has 0 saturated carbocycles. The van der Waals surface area contributed by atoms with Gasteiger partial charge in [-0.25, -0.2) is 0 Å². The number of nitrogens with one attached hydrogen (secondary N) is 1. The second-order valence-corrected chi connectivity index (χ2v) is 4.91. The van der Waals surface area contributed by atoms with Crippen molar-refractivity contribution in [2.45, 2.75) is 32.7 Å². The lowest BCUT2D eigenvalue weighted by Gasteiger charge is -2.30. The standard InChI is InChI=1S/C16H27N3O.ClH/c1-3-19(4-2)15(13-18-16(20)10-11-17)12-14-8-6-5-7-9-14;/h5-9,15H,3-4,10-13,17H2,1-2H3,(H,18,20);1H. The summed E-state index contributed by atoms with van der Waals surface area (Å²) in [5.41, 5.74) is 6.70. The van der Waals surface area contributed by atoms with Crippen LogP contribution in [0.2, 0.25) is 0 Å². The van der Waals surface area contributed by atoms with E-state index in [0.29, 0.717) is 25.6 Å². The summed E-state index contributed by atoms with van der Waals surface area (Å²) >= 11 is 0. The number of nitrogens with zero attached hydrogens (tertiary/aromatic N) is 1. The molecule has 1 unspecified atom stereocenters. The van der Waals surface area contributed by atoms with Crippen molar-refractivity contribution in [3.05, 3.63) is 35.9 Å². The minimum Gasteiger partial charge on any atom is -0.354 e. The van der Waals surface area contributed by atoms with E-state index in [9.17, 15) is 4.79 Å². The molecule has 1 atom stereocenters. The van der Waals surface area contributed by atoms with E-state index in [4.69, 9.17) is 5.73 Å². The topological polar surface area (TPSA) is 58.4 Å². The normalized spacial score (nSPS) is 11.8. The fourth-order valence-corrected chi connectivity index (χ4v) is 2.41. The molecule has 5 heteroatoms. The van der Waals surface area contributed by atoms with Crippen LogP contribution in [0.5, 0.6) is 0 Å². The molecule has 0 aromatic heterocycles. The summed E-state index contributed by atoms with van der Waals surface area (Å²) in [7, 11) is 0. The number of hydrogen-bond donors (Lipinski definition) is 2. The molecule has 3 N–H and O–H groups in total. The predicted molar refractivity (Wildman–Crippen MR) is 90.8 cm³/mol. The Balaban J connectivity index is 0.00000400. The van der Waals surface area contributed by atoms with Crippen molar-refractivity contribution in [3.8, 4) is 0 Å². The van der Waals surface area contributed by atoms with Gasteiger partial charge in [0.2, 0.25) is 5.91 Å². The van der Waals surface area contributed by atoms with Crippen LogP contribution in [-0.2, 0) is 11.2 Å². The summed E-state index contributed by atoms with van der Waals surface area (Å²) in [5.74, 6) is 0.0396. The van der Waals surface area contributed by atoms with Gasteiger partial charge in [-0.1, -0.05) is 44.2 Å². The zero-order valence-electron chi connectivity index (χ0n) is 13.0. The van der Waals surface area contributed by atoms with Crippen LogP contribution >= 0.6 is 12.4 Å². The molecule has 21 heavy (non-hydrogen) atoms. The average molecular weight is 314 g/mol. The zero-order chi connectivity index (χ0) is 14.8. The number of amides is 1. The van der Waals surface area contributed by atoms with Crippen molar-refractivity contribution in [2.24, 2.45) is 5.73 Å². The number of nitrogens with two attached hydrogens (primary N) is 1. The van der Waals surface area contributed by atoms with Crippen LogP contribution < -0.4 is 11.1 Å². The van der Waals surface area contributed by atoms with Gasteiger partial charge in [0, 0.05) is 25.6 Å². The highest BCUT2D eigenvalue weighted by molar-refractivity contribution is 5.85. The zero-order valence-corrected chi connectivity index (χ0v) is 13.9. The molecule has 0 radical (unpaired) electrons. The maximum Gasteiger partial charge on any atom is 0.221 e. The Kier molecular flexibility index (Phi) is 10.9. The Morgan fingerprint density at radius 2 is 1.86 bits per heavy atom. The van der Waals surface area contributed by atoms with E-state index < -0.39 is 0 Å². The number of likely N-dealkylation sites (N-methyl/N-ethyl adjacent to an activating group) is 1. The Bertz CT molecular complexity index is 382. The van der Waals surface area contributed by atoms with E-state index >= 15 is 0 Å². The van der Waals surface area contributed by atoms with Gasteiger partial charge in [-0.05, 0) is 25.1 Å². The fraction of sp³-hybridized carbons (Fsp3) is 0.562. The summed E-state index contributed by atoms with van der Waals surface area (Å²) in [6.07, 6.45) is 1.35. The van der Waals surface area contributed by atoms with Gasteiger partial charge in [0.05, 0.1) is 0 Å². The lowest BCUT2D eigenvalue weighted by molar-refractivity contribution is -0.121. The van der Waals surface area contributed by atoms with E-state index in [0.717, 1.165) is 19.5 Å². The van der Waals surface area contributed by atoms with Crippen LogP contribution in [0.15, 0.2) is 30.3 Å². The highest BCUT2D eigenvalue weighted by Crippen LogP contribution is 2.08. The summed E-state index contributed by atoms with van der Waals surface area (Å²) < 4.78 is 0. The largest absolute Gasteiger partial charge is 0.354 e. The van der Waals surface area contributed by atoms with Gasteiger partial charge < -0.3 is 11.1 Å². The second kappa shape index (κ2) is 11.5. The number of hydrogen-bond acceptors (Lipinski definition) is 3. The molecule has 1 aromatic rings. The maximum atomic E-state index is 11.6.